The highest BCUT2D eigenvalue weighted by Crippen LogP contribution is 2.35. The third-order valence-electron chi connectivity index (χ3n) is 11.9. The van der Waals surface area contributed by atoms with E-state index in [1.54, 1.807) is 67.1 Å². The standard InChI is InChI=1S/C45H55BrFN9O6/c1-44(2,3)62-43(61)49-37-24-31(46)26-48-39(37)42(60)56-13-12-30(25-45(56,4)5)27-52-14-16-53(17-15-52)28-38(57)54-18-20-55(21-19-54)41(59)34-22-29(10-11-35(34)47)23-36-32-8-6-7-9-33(32)40(58)51-50-36/h6-11,22,24,26,30H,12-21,23,25,27-28H2,1-5H3,(H,49,61)(H,51,58). The Hall–Kier alpha value is -5.26. The number of benzene rings is 2. The third-order valence-corrected chi connectivity index (χ3v) is 12.3. The van der Waals surface area contributed by atoms with E-state index in [1.165, 1.54) is 6.07 Å². The third kappa shape index (κ3) is 10.7. The van der Waals surface area contributed by atoms with Crippen LogP contribution in [0.15, 0.2) is 64.0 Å². The zero-order valence-electron chi connectivity index (χ0n) is 36.0. The molecule has 0 aliphatic carbocycles. The second-order valence-electron chi connectivity index (χ2n) is 18.1. The summed E-state index contributed by atoms with van der Waals surface area (Å²) in [4.78, 5) is 80.0. The molecule has 1 atom stereocenters. The second-order valence-corrected chi connectivity index (χ2v) is 19.0. The molecule has 7 rings (SSSR count). The zero-order valence-corrected chi connectivity index (χ0v) is 37.6. The van der Waals surface area contributed by atoms with Crippen molar-refractivity contribution in [3.63, 3.8) is 0 Å². The lowest BCUT2D eigenvalue weighted by atomic mass is 9.82. The maximum atomic E-state index is 15.1. The van der Waals surface area contributed by atoms with Crippen molar-refractivity contribution >= 4 is 56.2 Å². The van der Waals surface area contributed by atoms with Gasteiger partial charge in [-0.2, -0.15) is 5.10 Å². The van der Waals surface area contributed by atoms with Crippen LogP contribution < -0.4 is 10.9 Å². The molecule has 4 amide bonds. The lowest BCUT2D eigenvalue weighted by Gasteiger charge is -2.47. The van der Waals surface area contributed by atoms with Gasteiger partial charge in [0.15, 0.2) is 5.69 Å². The number of ether oxygens (including phenoxy) is 1. The first-order valence-corrected chi connectivity index (χ1v) is 22.0. The van der Waals surface area contributed by atoms with Gasteiger partial charge in [0.05, 0.1) is 28.9 Å². The molecule has 1 unspecified atom stereocenters. The molecule has 15 nitrogen and oxygen atoms in total. The number of likely N-dealkylation sites (tertiary alicyclic amines) is 1. The summed E-state index contributed by atoms with van der Waals surface area (Å²) in [5.74, 6) is -0.885. The number of nitrogens with zero attached hydrogens (tertiary/aromatic N) is 7. The van der Waals surface area contributed by atoms with E-state index in [1.807, 2.05) is 17.0 Å². The van der Waals surface area contributed by atoms with Crippen molar-refractivity contribution in [3.8, 4) is 0 Å². The van der Waals surface area contributed by atoms with Crippen molar-refractivity contribution in [2.45, 2.75) is 65.0 Å². The molecule has 2 N–H and O–H groups in total. The second kappa shape index (κ2) is 18.6. The summed E-state index contributed by atoms with van der Waals surface area (Å²) >= 11 is 3.40. The van der Waals surface area contributed by atoms with Crippen molar-refractivity contribution < 1.29 is 28.3 Å². The molecule has 2 aromatic heterocycles. The fourth-order valence-corrected chi connectivity index (χ4v) is 9.10. The number of halogens is 2. The van der Waals surface area contributed by atoms with E-state index < -0.39 is 29.0 Å². The molecule has 62 heavy (non-hydrogen) atoms. The Kier molecular flexibility index (Phi) is 13.4. The van der Waals surface area contributed by atoms with Crippen LogP contribution in [0.25, 0.3) is 10.8 Å². The van der Waals surface area contributed by atoms with Crippen LogP contribution in [0.3, 0.4) is 0 Å². The Balaban J connectivity index is 0.856. The number of aromatic amines is 1. The Labute approximate surface area is 369 Å². The van der Waals surface area contributed by atoms with E-state index in [0.717, 1.165) is 45.6 Å². The van der Waals surface area contributed by atoms with Gasteiger partial charge < -0.3 is 24.3 Å². The van der Waals surface area contributed by atoms with E-state index in [0.29, 0.717) is 78.1 Å². The van der Waals surface area contributed by atoms with Crippen LogP contribution in [-0.2, 0) is 16.0 Å². The first kappa shape index (κ1) is 44.8. The molecular weight excluding hydrogens is 861 g/mol. The molecular formula is C45H55BrFN9O6. The fraction of sp³-hybridized carbons (Fsp3) is 0.489. The Morgan fingerprint density at radius 3 is 2.27 bits per heavy atom. The predicted molar refractivity (Wildman–Crippen MR) is 237 cm³/mol. The van der Waals surface area contributed by atoms with E-state index in [-0.39, 0.29) is 34.3 Å². The highest BCUT2D eigenvalue weighted by molar-refractivity contribution is 9.10. The van der Waals surface area contributed by atoms with Crippen molar-refractivity contribution in [2.75, 3.05) is 77.3 Å². The number of fused-ring (bicyclic) bond motifs is 1. The number of amides is 4. The Morgan fingerprint density at radius 1 is 0.903 bits per heavy atom. The summed E-state index contributed by atoms with van der Waals surface area (Å²) < 4.78 is 21.1. The van der Waals surface area contributed by atoms with Crippen LogP contribution >= 0.6 is 15.9 Å². The molecule has 3 aliphatic rings. The quantitative estimate of drug-likeness (QED) is 0.223. The number of hydrogen-bond donors (Lipinski definition) is 2. The van der Waals surface area contributed by atoms with E-state index in [2.05, 4.69) is 60.1 Å². The molecule has 0 bridgehead atoms. The molecule has 4 aromatic rings. The SMILES string of the molecule is CC(C)(C)OC(=O)Nc1cc(Br)cnc1C(=O)N1CCC(CN2CCN(CC(=O)N3CCN(C(=O)c4cc(Cc5n[nH]c(=O)c6ccccc56)ccc4F)CC3)CC2)CC1(C)C. The van der Waals surface area contributed by atoms with Crippen LogP contribution in [0, 0.1) is 11.7 Å². The Bertz CT molecular complexity index is 2390. The number of nitrogens with one attached hydrogen (secondary N) is 2. The van der Waals surface area contributed by atoms with Gasteiger partial charge in [-0.15, -0.1) is 0 Å². The highest BCUT2D eigenvalue weighted by atomic mass is 79.9. The van der Waals surface area contributed by atoms with Gasteiger partial charge in [0.25, 0.3) is 17.4 Å². The number of anilines is 1. The topological polar surface area (TPSA) is 164 Å². The van der Waals surface area contributed by atoms with Gasteiger partial charge in [0.1, 0.15) is 11.4 Å². The maximum Gasteiger partial charge on any atom is 0.412 e. The summed E-state index contributed by atoms with van der Waals surface area (Å²) in [7, 11) is 0. The number of piperidine rings is 1. The number of piperazine rings is 2. The van der Waals surface area contributed by atoms with Gasteiger partial charge in [-0.3, -0.25) is 29.4 Å². The minimum atomic E-state index is -0.700. The summed E-state index contributed by atoms with van der Waals surface area (Å²) in [5.41, 5.74) is 0.298. The molecule has 2 aromatic carbocycles. The molecule has 3 aliphatic heterocycles. The first-order chi connectivity index (χ1) is 29.4. The van der Waals surface area contributed by atoms with E-state index >= 15 is 4.39 Å². The lowest BCUT2D eigenvalue weighted by Crippen LogP contribution is -2.56. The molecule has 17 heteroatoms. The summed E-state index contributed by atoms with van der Waals surface area (Å²) in [6.07, 6.45) is 2.83. The van der Waals surface area contributed by atoms with Gasteiger partial charge in [0.2, 0.25) is 5.91 Å². The van der Waals surface area contributed by atoms with Crippen LogP contribution in [-0.4, -0.2) is 147 Å². The molecule has 3 fully saturated rings. The number of carbonyl (C=O) groups excluding carboxylic acids is 4. The predicted octanol–water partition coefficient (Wildman–Crippen LogP) is 5.39. The van der Waals surface area contributed by atoms with Crippen LogP contribution in [0.5, 0.6) is 0 Å². The van der Waals surface area contributed by atoms with Gasteiger partial charge >= 0.3 is 6.09 Å². The van der Waals surface area contributed by atoms with Gasteiger partial charge in [0, 0.05) is 93.5 Å². The van der Waals surface area contributed by atoms with E-state index in [9.17, 15) is 24.0 Å². The molecule has 0 saturated carbocycles. The number of aromatic nitrogens is 3. The Morgan fingerprint density at radius 2 is 1.58 bits per heavy atom. The highest BCUT2D eigenvalue weighted by Gasteiger charge is 2.40. The monoisotopic (exact) mass is 915 g/mol. The van der Waals surface area contributed by atoms with E-state index in [4.69, 9.17) is 4.74 Å². The molecule has 330 valence electrons. The van der Waals surface area contributed by atoms with Crippen molar-refractivity contribution in [3.05, 3.63) is 97.9 Å². The molecule has 0 radical (unpaired) electrons. The van der Waals surface area contributed by atoms with Crippen molar-refractivity contribution in [2.24, 2.45) is 5.92 Å². The fourth-order valence-electron chi connectivity index (χ4n) is 8.77. The van der Waals surface area contributed by atoms with Crippen LogP contribution in [0.1, 0.15) is 79.6 Å². The van der Waals surface area contributed by atoms with Crippen LogP contribution in [0.4, 0.5) is 14.9 Å². The summed E-state index contributed by atoms with van der Waals surface area (Å²) in [6, 6.07) is 13.3. The molecule has 3 saturated heterocycles. The number of hydrogen-bond acceptors (Lipinski definition) is 10. The normalized spacial score (nSPS) is 18.8. The smallest absolute Gasteiger partial charge is 0.412 e. The number of H-pyrrole nitrogens is 1. The van der Waals surface area contributed by atoms with Crippen LogP contribution in [0.2, 0.25) is 0 Å². The van der Waals surface area contributed by atoms with Gasteiger partial charge in [-0.25, -0.2) is 19.3 Å². The lowest BCUT2D eigenvalue weighted by molar-refractivity contribution is -0.134. The first-order valence-electron chi connectivity index (χ1n) is 21.2. The van der Waals surface area contributed by atoms with Gasteiger partial charge in [-0.05, 0) is 99.1 Å². The summed E-state index contributed by atoms with van der Waals surface area (Å²) in [6.45, 7) is 15.8. The maximum absolute atomic E-state index is 15.1. The average molecular weight is 917 g/mol. The molecule has 0 spiro atoms. The number of pyridine rings is 1. The van der Waals surface area contributed by atoms with Gasteiger partial charge in [-0.1, -0.05) is 24.3 Å². The minimum Gasteiger partial charge on any atom is -0.444 e. The van der Waals surface area contributed by atoms with Crippen molar-refractivity contribution in [1.82, 2.24) is 39.7 Å². The minimum absolute atomic E-state index is 0.0165. The zero-order chi connectivity index (χ0) is 44.3. The molecule has 5 heterocycles. The summed E-state index contributed by atoms with van der Waals surface area (Å²) in [5, 5.41) is 10.7. The number of rotatable bonds is 9. The largest absolute Gasteiger partial charge is 0.444 e. The number of carbonyl (C=O) groups is 4. The van der Waals surface area contributed by atoms with Crippen molar-refractivity contribution in [1.29, 1.82) is 0 Å². The average Bonchev–Trinajstić information content (AvgIpc) is 3.22.